The van der Waals surface area contributed by atoms with Gasteiger partial charge in [-0.15, -0.1) is 0 Å². The Hall–Kier alpha value is -1.10. The van der Waals surface area contributed by atoms with Crippen LogP contribution in [0.4, 0.5) is 11.4 Å². The highest BCUT2D eigenvalue weighted by atomic mass is 79.9. The van der Waals surface area contributed by atoms with Crippen LogP contribution >= 0.6 is 15.9 Å². The molecule has 15 heavy (non-hydrogen) atoms. The molecule has 0 atom stereocenters. The maximum atomic E-state index is 10.5. The summed E-state index contributed by atoms with van der Waals surface area (Å²) >= 11 is 3.32. The normalized spacial score (nSPS) is 15.0. The van der Waals surface area contributed by atoms with Crippen molar-refractivity contribution in [3.63, 3.8) is 0 Å². The number of nitrogens with one attached hydrogen (secondary N) is 1. The average Bonchev–Trinajstić information content (AvgIpc) is 2.99. The number of hydrogen-bond donors (Lipinski definition) is 1. The van der Waals surface area contributed by atoms with Gasteiger partial charge in [-0.1, -0.05) is 0 Å². The van der Waals surface area contributed by atoms with Crippen LogP contribution in [0.15, 0.2) is 22.7 Å². The largest absolute Gasteiger partial charge is 0.384 e. The van der Waals surface area contributed by atoms with Crippen LogP contribution in [-0.4, -0.2) is 11.5 Å². The van der Waals surface area contributed by atoms with Gasteiger partial charge in [0.1, 0.15) is 0 Å². The summed E-state index contributed by atoms with van der Waals surface area (Å²) in [5, 5.41) is 13.8. The maximum Gasteiger partial charge on any atom is 0.270 e. The van der Waals surface area contributed by atoms with Crippen molar-refractivity contribution < 1.29 is 4.92 Å². The smallest absolute Gasteiger partial charge is 0.270 e. The van der Waals surface area contributed by atoms with Crippen LogP contribution in [0.1, 0.15) is 12.8 Å². The van der Waals surface area contributed by atoms with E-state index in [0.29, 0.717) is 0 Å². The number of benzene rings is 1. The molecular weight excluding hydrogens is 260 g/mol. The van der Waals surface area contributed by atoms with Crippen LogP contribution in [0, 0.1) is 16.0 Å². The van der Waals surface area contributed by atoms with E-state index in [1.54, 1.807) is 6.07 Å². The Kier molecular flexibility index (Phi) is 2.90. The lowest BCUT2D eigenvalue weighted by Crippen LogP contribution is -2.03. The average molecular weight is 271 g/mol. The third-order valence-corrected chi connectivity index (χ3v) is 3.10. The molecular formula is C10H11BrN2O2. The van der Waals surface area contributed by atoms with Gasteiger partial charge >= 0.3 is 0 Å². The summed E-state index contributed by atoms with van der Waals surface area (Å²) in [6.45, 7) is 0.955. The zero-order valence-electron chi connectivity index (χ0n) is 8.07. The zero-order chi connectivity index (χ0) is 10.8. The predicted octanol–water partition coefficient (Wildman–Crippen LogP) is 3.18. The second-order valence-corrected chi connectivity index (χ2v) is 4.60. The Morgan fingerprint density at radius 2 is 2.27 bits per heavy atom. The fraction of sp³-hybridized carbons (Fsp3) is 0.400. The molecule has 0 spiro atoms. The number of nitro groups is 1. The Morgan fingerprint density at radius 3 is 2.80 bits per heavy atom. The minimum absolute atomic E-state index is 0.110. The molecule has 1 aliphatic rings. The number of anilines is 1. The molecule has 0 unspecified atom stereocenters. The van der Waals surface area contributed by atoms with Crippen LogP contribution < -0.4 is 5.32 Å². The maximum absolute atomic E-state index is 10.5. The van der Waals surface area contributed by atoms with Gasteiger partial charge in [-0.2, -0.15) is 0 Å². The highest BCUT2D eigenvalue weighted by Crippen LogP contribution is 2.31. The van der Waals surface area contributed by atoms with Crippen LogP contribution in [-0.2, 0) is 0 Å². The molecule has 0 aliphatic heterocycles. The van der Waals surface area contributed by atoms with E-state index in [1.165, 1.54) is 25.0 Å². The number of nitro benzene ring substituents is 1. The molecule has 0 amide bonds. The summed E-state index contributed by atoms with van der Waals surface area (Å²) in [6.07, 6.45) is 2.58. The molecule has 2 rings (SSSR count). The number of halogens is 1. The van der Waals surface area contributed by atoms with Crippen LogP contribution in [0.3, 0.4) is 0 Å². The van der Waals surface area contributed by atoms with E-state index >= 15 is 0 Å². The van der Waals surface area contributed by atoms with Crippen molar-refractivity contribution in [3.8, 4) is 0 Å². The third kappa shape index (κ3) is 2.68. The molecule has 1 aromatic carbocycles. The first-order chi connectivity index (χ1) is 7.16. The van der Waals surface area contributed by atoms with E-state index in [9.17, 15) is 10.1 Å². The predicted molar refractivity (Wildman–Crippen MR) is 62.0 cm³/mol. The van der Waals surface area contributed by atoms with Gasteiger partial charge in [0.25, 0.3) is 5.69 Å². The summed E-state index contributed by atoms with van der Waals surface area (Å²) in [4.78, 5) is 10.1. The van der Waals surface area contributed by atoms with Gasteiger partial charge in [0.05, 0.1) is 4.92 Å². The molecule has 1 aromatic rings. The lowest BCUT2D eigenvalue weighted by molar-refractivity contribution is -0.384. The van der Waals surface area contributed by atoms with Crippen molar-refractivity contribution in [3.05, 3.63) is 32.8 Å². The Labute approximate surface area is 96.0 Å². The van der Waals surface area contributed by atoms with E-state index in [2.05, 4.69) is 21.2 Å². The Balaban J connectivity index is 2.07. The molecule has 4 nitrogen and oxygen atoms in total. The van der Waals surface area contributed by atoms with Crippen molar-refractivity contribution in [1.82, 2.24) is 0 Å². The highest BCUT2D eigenvalue weighted by Gasteiger charge is 2.21. The minimum Gasteiger partial charge on any atom is -0.384 e. The van der Waals surface area contributed by atoms with Crippen molar-refractivity contribution >= 4 is 27.3 Å². The van der Waals surface area contributed by atoms with E-state index in [4.69, 9.17) is 0 Å². The Morgan fingerprint density at radius 1 is 1.53 bits per heavy atom. The van der Waals surface area contributed by atoms with Gasteiger partial charge in [0.2, 0.25) is 0 Å². The second kappa shape index (κ2) is 4.18. The summed E-state index contributed by atoms with van der Waals surface area (Å²) in [5.41, 5.74) is 1.03. The van der Waals surface area contributed by atoms with Crippen LogP contribution in [0.5, 0.6) is 0 Å². The SMILES string of the molecule is O=[N+]([O-])c1ccc(NCC2CC2)c(Br)c1. The molecule has 0 bridgehead atoms. The van der Waals surface area contributed by atoms with E-state index in [-0.39, 0.29) is 5.69 Å². The van der Waals surface area contributed by atoms with Gasteiger partial charge < -0.3 is 5.32 Å². The molecule has 0 heterocycles. The summed E-state index contributed by atoms with van der Waals surface area (Å²) < 4.78 is 0.748. The molecule has 0 radical (unpaired) electrons. The van der Waals surface area contributed by atoms with Crippen LogP contribution in [0.2, 0.25) is 0 Å². The highest BCUT2D eigenvalue weighted by molar-refractivity contribution is 9.10. The van der Waals surface area contributed by atoms with E-state index < -0.39 is 4.92 Å². The first-order valence-corrected chi connectivity index (χ1v) is 5.64. The molecule has 0 saturated heterocycles. The van der Waals surface area contributed by atoms with E-state index in [1.807, 2.05) is 0 Å². The van der Waals surface area contributed by atoms with Gasteiger partial charge in [-0.3, -0.25) is 10.1 Å². The molecule has 5 heteroatoms. The topological polar surface area (TPSA) is 55.2 Å². The summed E-state index contributed by atoms with van der Waals surface area (Å²) in [7, 11) is 0. The summed E-state index contributed by atoms with van der Waals surface area (Å²) in [5.74, 6) is 0.784. The van der Waals surface area contributed by atoms with Crippen molar-refractivity contribution in [2.45, 2.75) is 12.8 Å². The van der Waals surface area contributed by atoms with Crippen molar-refractivity contribution in [2.24, 2.45) is 5.92 Å². The van der Waals surface area contributed by atoms with Gasteiger partial charge in [-0.25, -0.2) is 0 Å². The molecule has 1 N–H and O–H groups in total. The zero-order valence-corrected chi connectivity index (χ0v) is 9.66. The number of nitrogens with zero attached hydrogens (tertiary/aromatic N) is 1. The third-order valence-electron chi connectivity index (χ3n) is 2.44. The molecule has 80 valence electrons. The molecule has 1 saturated carbocycles. The Bertz CT molecular complexity index is 391. The standard InChI is InChI=1S/C10H11BrN2O2/c11-9-5-8(13(14)15)3-4-10(9)12-6-7-1-2-7/h3-5,7,12H,1-2,6H2. The fourth-order valence-electron chi connectivity index (χ4n) is 1.34. The first kappa shape index (κ1) is 10.4. The monoisotopic (exact) mass is 270 g/mol. The second-order valence-electron chi connectivity index (χ2n) is 3.75. The number of rotatable bonds is 4. The lowest BCUT2D eigenvalue weighted by Gasteiger charge is -2.06. The van der Waals surface area contributed by atoms with Gasteiger partial charge in [0, 0.05) is 28.8 Å². The first-order valence-electron chi connectivity index (χ1n) is 4.84. The minimum atomic E-state index is -0.393. The van der Waals surface area contributed by atoms with E-state index in [0.717, 1.165) is 22.6 Å². The van der Waals surface area contributed by atoms with Gasteiger partial charge in [0.15, 0.2) is 0 Å². The van der Waals surface area contributed by atoms with Crippen molar-refractivity contribution in [2.75, 3.05) is 11.9 Å². The van der Waals surface area contributed by atoms with Crippen LogP contribution in [0.25, 0.3) is 0 Å². The fourth-order valence-corrected chi connectivity index (χ4v) is 1.84. The number of hydrogen-bond acceptors (Lipinski definition) is 3. The number of non-ortho nitro benzene ring substituents is 1. The van der Waals surface area contributed by atoms with Gasteiger partial charge in [-0.05, 0) is 40.8 Å². The molecule has 0 aromatic heterocycles. The molecule has 1 fully saturated rings. The quantitative estimate of drug-likeness (QED) is 0.675. The van der Waals surface area contributed by atoms with Crippen molar-refractivity contribution in [1.29, 1.82) is 0 Å². The summed E-state index contributed by atoms with van der Waals surface area (Å²) in [6, 6.07) is 4.78. The molecule has 1 aliphatic carbocycles. The lowest BCUT2D eigenvalue weighted by atomic mass is 10.3.